The molecule has 0 amide bonds. The molecule has 26 heavy (non-hydrogen) atoms. The lowest BCUT2D eigenvalue weighted by molar-refractivity contribution is -0.137. The van der Waals surface area contributed by atoms with Gasteiger partial charge in [0.15, 0.2) is 0 Å². The Hall–Kier alpha value is -1.44. The lowest BCUT2D eigenvalue weighted by Crippen LogP contribution is -2.16. The molecule has 0 saturated carbocycles. The topological polar surface area (TPSA) is 46.2 Å². The number of rotatable bonds is 5. The molecule has 142 valence electrons. The van der Waals surface area contributed by atoms with E-state index in [4.69, 9.17) is 23.2 Å². The SMILES string of the molecule is CCc1ccc(NS(=O)(=O)c2ccc(Cl)c(C(F)(F)F)c2)c(CC)c1Cl. The number of hydrogen-bond donors (Lipinski definition) is 1. The maximum Gasteiger partial charge on any atom is 0.417 e. The molecule has 0 unspecified atom stereocenters. The van der Waals surface area contributed by atoms with Gasteiger partial charge in [0.25, 0.3) is 10.0 Å². The summed E-state index contributed by atoms with van der Waals surface area (Å²) in [4.78, 5) is -0.535. The van der Waals surface area contributed by atoms with Crippen LogP contribution in [0.5, 0.6) is 0 Å². The van der Waals surface area contributed by atoms with Crippen molar-refractivity contribution in [3.05, 3.63) is 57.1 Å². The standard InChI is InChI=1S/C17H16Cl2F3NO2S/c1-3-10-5-8-15(12(4-2)16(10)19)23-26(24,25)11-6-7-14(18)13(9-11)17(20,21)22/h5-9,23H,3-4H2,1-2H3. The first-order valence-electron chi connectivity index (χ1n) is 7.71. The Labute approximate surface area is 160 Å². The Morgan fingerprint density at radius 2 is 1.69 bits per heavy atom. The zero-order valence-electron chi connectivity index (χ0n) is 13.9. The average molecular weight is 426 g/mol. The zero-order valence-corrected chi connectivity index (χ0v) is 16.2. The minimum atomic E-state index is -4.76. The second-order valence-corrected chi connectivity index (χ2v) is 7.98. The molecule has 0 aliphatic heterocycles. The third-order valence-corrected chi connectivity index (χ3v) is 6.02. The number of benzene rings is 2. The smallest absolute Gasteiger partial charge is 0.279 e. The molecule has 0 aliphatic carbocycles. The lowest BCUT2D eigenvalue weighted by atomic mass is 10.0. The van der Waals surface area contributed by atoms with E-state index in [1.54, 1.807) is 12.1 Å². The highest BCUT2D eigenvalue weighted by Gasteiger charge is 2.34. The predicted octanol–water partition coefficient (Wildman–Crippen LogP) is 5.94. The van der Waals surface area contributed by atoms with Crippen LogP contribution in [0.25, 0.3) is 0 Å². The number of anilines is 1. The van der Waals surface area contributed by atoms with Crippen LogP contribution in [0.15, 0.2) is 35.2 Å². The quantitative estimate of drug-likeness (QED) is 0.644. The maximum absolute atomic E-state index is 13.0. The summed E-state index contributed by atoms with van der Waals surface area (Å²) >= 11 is 11.8. The van der Waals surface area contributed by atoms with E-state index in [0.29, 0.717) is 29.5 Å². The Bertz CT molecular complexity index is 928. The van der Waals surface area contributed by atoms with Gasteiger partial charge in [0.05, 0.1) is 21.2 Å². The second-order valence-electron chi connectivity index (χ2n) is 5.52. The Kier molecular flexibility index (Phi) is 6.15. The molecule has 9 heteroatoms. The van der Waals surface area contributed by atoms with Crippen molar-refractivity contribution < 1.29 is 21.6 Å². The van der Waals surface area contributed by atoms with Crippen LogP contribution in [-0.4, -0.2) is 8.42 Å². The van der Waals surface area contributed by atoms with Gasteiger partial charge in [-0.2, -0.15) is 13.2 Å². The predicted molar refractivity (Wildman–Crippen MR) is 97.5 cm³/mol. The van der Waals surface area contributed by atoms with Crippen molar-refractivity contribution in [3.63, 3.8) is 0 Å². The zero-order chi connectivity index (χ0) is 19.7. The number of sulfonamides is 1. The molecule has 0 aliphatic rings. The normalized spacial score (nSPS) is 12.3. The van der Waals surface area contributed by atoms with Gasteiger partial charge in [-0.15, -0.1) is 0 Å². The first-order chi connectivity index (χ1) is 12.0. The molecule has 0 atom stereocenters. The summed E-state index contributed by atoms with van der Waals surface area (Å²) in [6, 6.07) is 5.68. The third kappa shape index (κ3) is 4.27. The fraction of sp³-hybridized carbons (Fsp3) is 0.294. The van der Waals surface area contributed by atoms with Crippen molar-refractivity contribution in [2.45, 2.75) is 37.8 Å². The largest absolute Gasteiger partial charge is 0.417 e. The van der Waals surface area contributed by atoms with E-state index in [9.17, 15) is 21.6 Å². The van der Waals surface area contributed by atoms with E-state index in [1.807, 2.05) is 13.8 Å². The average Bonchev–Trinajstić information content (AvgIpc) is 2.54. The number of nitrogens with one attached hydrogen (secondary N) is 1. The van der Waals surface area contributed by atoms with Crippen LogP contribution < -0.4 is 4.72 Å². The molecule has 3 nitrogen and oxygen atoms in total. The minimum Gasteiger partial charge on any atom is -0.279 e. The summed E-state index contributed by atoms with van der Waals surface area (Å²) < 4.78 is 66.4. The van der Waals surface area contributed by atoms with E-state index >= 15 is 0 Å². The summed E-state index contributed by atoms with van der Waals surface area (Å²) in [7, 11) is -4.25. The Balaban J connectivity index is 2.49. The fourth-order valence-corrected chi connectivity index (χ4v) is 4.25. The molecule has 0 spiro atoms. The van der Waals surface area contributed by atoms with E-state index in [2.05, 4.69) is 4.72 Å². The summed E-state index contributed by atoms with van der Waals surface area (Å²) in [5.41, 5.74) is 0.465. The molecule has 0 saturated heterocycles. The highest BCUT2D eigenvalue weighted by atomic mass is 35.5. The number of aryl methyl sites for hydroxylation is 1. The fourth-order valence-electron chi connectivity index (χ4n) is 2.48. The number of alkyl halides is 3. The van der Waals surface area contributed by atoms with Gasteiger partial charge >= 0.3 is 6.18 Å². The molecular weight excluding hydrogens is 410 g/mol. The van der Waals surface area contributed by atoms with Crippen LogP contribution in [0, 0.1) is 0 Å². The van der Waals surface area contributed by atoms with E-state index in [0.717, 1.165) is 17.7 Å². The van der Waals surface area contributed by atoms with Gasteiger partial charge < -0.3 is 0 Å². The lowest BCUT2D eigenvalue weighted by Gasteiger charge is -2.16. The monoisotopic (exact) mass is 425 g/mol. The Morgan fingerprint density at radius 3 is 2.23 bits per heavy atom. The molecule has 2 rings (SSSR count). The van der Waals surface area contributed by atoms with Crippen LogP contribution in [-0.2, 0) is 29.0 Å². The summed E-state index contributed by atoms with van der Waals surface area (Å²) in [6.45, 7) is 3.72. The van der Waals surface area contributed by atoms with Crippen molar-refractivity contribution >= 4 is 38.9 Å². The molecule has 0 heterocycles. The first kappa shape index (κ1) is 20.9. The highest BCUT2D eigenvalue weighted by Crippen LogP contribution is 2.37. The van der Waals surface area contributed by atoms with Crippen molar-refractivity contribution in [2.24, 2.45) is 0 Å². The van der Waals surface area contributed by atoms with Crippen LogP contribution >= 0.6 is 23.2 Å². The third-order valence-electron chi connectivity index (χ3n) is 3.86. The van der Waals surface area contributed by atoms with E-state index in [1.165, 1.54) is 0 Å². The van der Waals surface area contributed by atoms with Gasteiger partial charge in [0.2, 0.25) is 0 Å². The summed E-state index contributed by atoms with van der Waals surface area (Å²) in [5.74, 6) is 0. The van der Waals surface area contributed by atoms with Gasteiger partial charge in [-0.25, -0.2) is 8.42 Å². The van der Waals surface area contributed by atoms with Crippen molar-refractivity contribution in [2.75, 3.05) is 4.72 Å². The molecular formula is C17H16Cl2F3NO2S. The molecule has 2 aromatic rings. The molecule has 0 fully saturated rings. The summed E-state index contributed by atoms with van der Waals surface area (Å²) in [5, 5.41) is -0.122. The molecule has 0 radical (unpaired) electrons. The highest BCUT2D eigenvalue weighted by molar-refractivity contribution is 7.92. The molecule has 1 N–H and O–H groups in total. The molecule has 0 bridgehead atoms. The van der Waals surface area contributed by atoms with Gasteiger partial charge in [0, 0.05) is 5.02 Å². The maximum atomic E-state index is 13.0. The minimum absolute atomic E-state index is 0.234. The van der Waals surface area contributed by atoms with Crippen molar-refractivity contribution in [1.29, 1.82) is 0 Å². The molecule has 2 aromatic carbocycles. The van der Waals surface area contributed by atoms with E-state index in [-0.39, 0.29) is 5.69 Å². The van der Waals surface area contributed by atoms with Gasteiger partial charge in [-0.3, -0.25) is 4.72 Å². The van der Waals surface area contributed by atoms with Gasteiger partial charge in [-0.05, 0) is 48.2 Å². The number of halogens is 5. The van der Waals surface area contributed by atoms with Gasteiger partial charge in [0.1, 0.15) is 0 Å². The van der Waals surface area contributed by atoms with E-state index < -0.39 is 31.7 Å². The van der Waals surface area contributed by atoms with Crippen LogP contribution in [0.4, 0.5) is 18.9 Å². The van der Waals surface area contributed by atoms with Crippen LogP contribution in [0.3, 0.4) is 0 Å². The first-order valence-corrected chi connectivity index (χ1v) is 9.95. The van der Waals surface area contributed by atoms with Crippen LogP contribution in [0.2, 0.25) is 10.0 Å². The van der Waals surface area contributed by atoms with Crippen molar-refractivity contribution in [3.8, 4) is 0 Å². The number of hydrogen-bond acceptors (Lipinski definition) is 2. The van der Waals surface area contributed by atoms with Crippen molar-refractivity contribution in [1.82, 2.24) is 0 Å². The van der Waals surface area contributed by atoms with Gasteiger partial charge in [-0.1, -0.05) is 43.1 Å². The summed E-state index contributed by atoms with van der Waals surface area (Å²) in [6.07, 6.45) is -3.63. The van der Waals surface area contributed by atoms with Crippen LogP contribution in [0.1, 0.15) is 30.5 Å². The Morgan fingerprint density at radius 1 is 1.04 bits per heavy atom. The second kappa shape index (κ2) is 7.66. The molecule has 0 aromatic heterocycles.